The number of fused-ring (bicyclic) bond motifs is 1. The SMILES string of the molecule is Cc1ccc(C=NNC(=O)CNc2ccc3ccccc3c2)c(O)c1. The van der Waals surface area contributed by atoms with E-state index < -0.39 is 0 Å². The standard InChI is InChI=1S/C20H19N3O2/c1-14-6-7-17(19(24)10-14)12-22-23-20(25)13-21-18-9-8-15-4-2-3-5-16(15)11-18/h2-12,21,24H,13H2,1H3,(H,23,25). The largest absolute Gasteiger partial charge is 0.507 e. The number of carbonyl (C=O) groups is 1. The molecule has 5 nitrogen and oxygen atoms in total. The number of hydrazone groups is 1. The summed E-state index contributed by atoms with van der Waals surface area (Å²) in [7, 11) is 0. The summed E-state index contributed by atoms with van der Waals surface area (Å²) in [5.41, 5.74) is 4.81. The summed E-state index contributed by atoms with van der Waals surface area (Å²) in [5, 5.41) is 19.0. The molecule has 0 unspecified atom stereocenters. The molecule has 3 N–H and O–H groups in total. The van der Waals surface area contributed by atoms with Gasteiger partial charge in [0.15, 0.2) is 0 Å². The van der Waals surface area contributed by atoms with Crippen molar-refractivity contribution < 1.29 is 9.90 Å². The van der Waals surface area contributed by atoms with Crippen LogP contribution in [0.1, 0.15) is 11.1 Å². The predicted molar refractivity (Wildman–Crippen MR) is 101 cm³/mol. The summed E-state index contributed by atoms with van der Waals surface area (Å²) in [5.74, 6) is -0.136. The number of benzene rings is 3. The van der Waals surface area contributed by atoms with Crippen molar-refractivity contribution in [1.29, 1.82) is 0 Å². The molecule has 0 aliphatic heterocycles. The van der Waals surface area contributed by atoms with E-state index in [2.05, 4.69) is 15.8 Å². The number of hydrogen-bond donors (Lipinski definition) is 3. The third-order valence-electron chi connectivity index (χ3n) is 3.78. The normalized spacial score (nSPS) is 10.9. The van der Waals surface area contributed by atoms with E-state index in [0.29, 0.717) is 5.56 Å². The highest BCUT2D eigenvalue weighted by Crippen LogP contribution is 2.18. The van der Waals surface area contributed by atoms with Gasteiger partial charge >= 0.3 is 0 Å². The summed E-state index contributed by atoms with van der Waals surface area (Å²) in [6.07, 6.45) is 1.42. The number of anilines is 1. The van der Waals surface area contributed by atoms with Gasteiger partial charge in [0.05, 0.1) is 12.8 Å². The molecule has 0 radical (unpaired) electrons. The van der Waals surface area contributed by atoms with Crippen LogP contribution >= 0.6 is 0 Å². The van der Waals surface area contributed by atoms with Crippen LogP contribution in [0, 0.1) is 6.92 Å². The van der Waals surface area contributed by atoms with Gasteiger partial charge in [0.1, 0.15) is 5.75 Å². The minimum atomic E-state index is -0.268. The van der Waals surface area contributed by atoms with Gasteiger partial charge in [-0.2, -0.15) is 5.10 Å². The van der Waals surface area contributed by atoms with Crippen molar-refractivity contribution in [3.63, 3.8) is 0 Å². The first-order valence-corrected chi connectivity index (χ1v) is 7.96. The molecule has 126 valence electrons. The Bertz CT molecular complexity index is 935. The molecule has 0 spiro atoms. The average Bonchev–Trinajstić information content (AvgIpc) is 2.61. The summed E-state index contributed by atoms with van der Waals surface area (Å²) in [6.45, 7) is 2.00. The fourth-order valence-corrected chi connectivity index (χ4v) is 2.46. The molecule has 1 amide bonds. The van der Waals surface area contributed by atoms with Crippen LogP contribution in [0.5, 0.6) is 5.75 Å². The Morgan fingerprint density at radius 2 is 1.88 bits per heavy atom. The third-order valence-corrected chi connectivity index (χ3v) is 3.78. The number of phenolic OH excluding ortho intramolecular Hbond substituents is 1. The number of rotatable bonds is 5. The number of phenols is 1. The van der Waals surface area contributed by atoms with Gasteiger partial charge in [0.2, 0.25) is 0 Å². The van der Waals surface area contributed by atoms with Gasteiger partial charge in [-0.3, -0.25) is 4.79 Å². The number of nitrogens with zero attached hydrogens (tertiary/aromatic N) is 1. The molecule has 25 heavy (non-hydrogen) atoms. The Hall–Kier alpha value is -3.34. The molecule has 0 aromatic heterocycles. The fraction of sp³-hybridized carbons (Fsp3) is 0.100. The average molecular weight is 333 g/mol. The van der Waals surface area contributed by atoms with Crippen LogP contribution in [0.4, 0.5) is 5.69 Å². The first-order valence-electron chi connectivity index (χ1n) is 7.96. The zero-order valence-electron chi connectivity index (χ0n) is 13.9. The molecule has 3 aromatic carbocycles. The molecular formula is C20H19N3O2. The molecule has 0 saturated heterocycles. The molecule has 0 saturated carbocycles. The highest BCUT2D eigenvalue weighted by atomic mass is 16.3. The Labute approximate surface area is 146 Å². The monoisotopic (exact) mass is 333 g/mol. The predicted octanol–water partition coefficient (Wildman–Crippen LogP) is 3.42. The lowest BCUT2D eigenvalue weighted by Gasteiger charge is -2.07. The summed E-state index contributed by atoms with van der Waals surface area (Å²) >= 11 is 0. The fourth-order valence-electron chi connectivity index (χ4n) is 2.46. The number of carbonyl (C=O) groups excluding carboxylic acids is 1. The number of nitrogens with one attached hydrogen (secondary N) is 2. The van der Waals surface area contributed by atoms with Crippen molar-refractivity contribution in [3.05, 3.63) is 71.8 Å². The van der Waals surface area contributed by atoms with Gasteiger partial charge in [-0.15, -0.1) is 0 Å². The van der Waals surface area contributed by atoms with Crippen LogP contribution < -0.4 is 10.7 Å². The maximum absolute atomic E-state index is 11.9. The molecule has 0 fully saturated rings. The topological polar surface area (TPSA) is 73.7 Å². The van der Waals surface area contributed by atoms with Crippen LogP contribution in [-0.4, -0.2) is 23.8 Å². The van der Waals surface area contributed by atoms with Gasteiger partial charge in [-0.1, -0.05) is 36.4 Å². The van der Waals surface area contributed by atoms with Crippen molar-refractivity contribution in [3.8, 4) is 5.75 Å². The smallest absolute Gasteiger partial charge is 0.259 e. The number of amides is 1. The van der Waals surface area contributed by atoms with Crippen molar-refractivity contribution in [1.82, 2.24) is 5.43 Å². The molecule has 5 heteroatoms. The highest BCUT2D eigenvalue weighted by molar-refractivity contribution is 5.88. The zero-order chi connectivity index (χ0) is 17.6. The molecule has 0 bridgehead atoms. The molecule has 0 atom stereocenters. The van der Waals surface area contributed by atoms with Crippen molar-refractivity contribution >= 4 is 28.6 Å². The molecule has 3 rings (SSSR count). The third kappa shape index (κ3) is 4.35. The summed E-state index contributed by atoms with van der Waals surface area (Å²) in [4.78, 5) is 11.9. The second-order valence-corrected chi connectivity index (χ2v) is 5.77. The maximum atomic E-state index is 11.9. The summed E-state index contributed by atoms with van der Waals surface area (Å²) in [6, 6.07) is 19.2. The van der Waals surface area contributed by atoms with Crippen molar-refractivity contribution in [2.45, 2.75) is 6.92 Å². The zero-order valence-corrected chi connectivity index (χ0v) is 13.9. The van der Waals surface area contributed by atoms with E-state index in [4.69, 9.17) is 0 Å². The quantitative estimate of drug-likeness (QED) is 0.495. The van der Waals surface area contributed by atoms with Gasteiger partial charge in [0.25, 0.3) is 5.91 Å². The van der Waals surface area contributed by atoms with E-state index in [1.54, 1.807) is 12.1 Å². The van der Waals surface area contributed by atoms with Gasteiger partial charge in [0, 0.05) is 11.3 Å². The number of aromatic hydroxyl groups is 1. The second-order valence-electron chi connectivity index (χ2n) is 5.77. The van der Waals surface area contributed by atoms with E-state index >= 15 is 0 Å². The molecule has 0 heterocycles. The lowest BCUT2D eigenvalue weighted by atomic mass is 10.1. The lowest BCUT2D eigenvalue weighted by Crippen LogP contribution is -2.25. The van der Waals surface area contributed by atoms with Crippen LogP contribution in [0.15, 0.2) is 65.8 Å². The highest BCUT2D eigenvalue weighted by Gasteiger charge is 2.02. The van der Waals surface area contributed by atoms with Crippen LogP contribution in [-0.2, 0) is 4.79 Å². The number of aryl methyl sites for hydroxylation is 1. The van der Waals surface area contributed by atoms with Crippen LogP contribution in [0.2, 0.25) is 0 Å². The second kappa shape index (κ2) is 7.49. The van der Waals surface area contributed by atoms with E-state index in [0.717, 1.165) is 22.0 Å². The Kier molecular flexibility index (Phi) is 4.95. The summed E-state index contributed by atoms with van der Waals surface area (Å²) < 4.78 is 0. The van der Waals surface area contributed by atoms with Crippen LogP contribution in [0.3, 0.4) is 0 Å². The van der Waals surface area contributed by atoms with Gasteiger partial charge in [-0.25, -0.2) is 5.43 Å². The minimum absolute atomic E-state index is 0.107. The Morgan fingerprint density at radius 3 is 2.68 bits per heavy atom. The maximum Gasteiger partial charge on any atom is 0.259 e. The number of hydrogen-bond acceptors (Lipinski definition) is 4. The van der Waals surface area contributed by atoms with E-state index in [-0.39, 0.29) is 18.2 Å². The Balaban J connectivity index is 1.54. The van der Waals surface area contributed by atoms with Crippen molar-refractivity contribution in [2.75, 3.05) is 11.9 Å². The van der Waals surface area contributed by atoms with Crippen LogP contribution in [0.25, 0.3) is 10.8 Å². The Morgan fingerprint density at radius 1 is 1.08 bits per heavy atom. The van der Waals surface area contributed by atoms with E-state index in [1.165, 1.54) is 6.21 Å². The lowest BCUT2D eigenvalue weighted by molar-refractivity contribution is -0.119. The van der Waals surface area contributed by atoms with Crippen molar-refractivity contribution in [2.24, 2.45) is 5.10 Å². The van der Waals surface area contributed by atoms with E-state index in [1.807, 2.05) is 55.5 Å². The first kappa shape index (κ1) is 16.5. The van der Waals surface area contributed by atoms with Gasteiger partial charge in [-0.05, 0) is 47.5 Å². The first-order chi connectivity index (χ1) is 12.1. The van der Waals surface area contributed by atoms with Gasteiger partial charge < -0.3 is 10.4 Å². The molecule has 0 aliphatic rings. The molecule has 3 aromatic rings. The van der Waals surface area contributed by atoms with E-state index in [9.17, 15) is 9.90 Å². The molecule has 0 aliphatic carbocycles. The molecular weight excluding hydrogens is 314 g/mol. The minimum Gasteiger partial charge on any atom is -0.507 e.